The molecule has 0 fully saturated rings. The van der Waals surface area contributed by atoms with E-state index in [1.165, 1.54) is 24.3 Å². The van der Waals surface area contributed by atoms with Gasteiger partial charge in [0.25, 0.3) is 11.1 Å². The van der Waals surface area contributed by atoms with E-state index in [4.69, 9.17) is 9.15 Å². The molecule has 0 unspecified atom stereocenters. The molecule has 158 valence electrons. The van der Waals surface area contributed by atoms with Crippen LogP contribution in [0.15, 0.2) is 63.6 Å². The molecule has 31 heavy (non-hydrogen) atoms. The lowest BCUT2D eigenvalue weighted by molar-refractivity contribution is -0.113. The van der Waals surface area contributed by atoms with Gasteiger partial charge in [-0.25, -0.2) is 9.37 Å². The summed E-state index contributed by atoms with van der Waals surface area (Å²) in [5.74, 6) is 0.327. The quantitative estimate of drug-likeness (QED) is 0.375. The van der Waals surface area contributed by atoms with E-state index in [0.29, 0.717) is 11.4 Å². The highest BCUT2D eigenvalue weighted by Crippen LogP contribution is 2.24. The van der Waals surface area contributed by atoms with Crippen molar-refractivity contribution in [1.29, 1.82) is 0 Å². The van der Waals surface area contributed by atoms with Gasteiger partial charge >= 0.3 is 0 Å². The summed E-state index contributed by atoms with van der Waals surface area (Å²) in [5, 5.41) is 13.9. The Balaban J connectivity index is 1.27. The summed E-state index contributed by atoms with van der Waals surface area (Å²) >= 11 is 2.71. The number of hydrogen-bond acceptors (Lipinski definition) is 8. The van der Waals surface area contributed by atoms with E-state index in [0.717, 1.165) is 28.0 Å². The Morgan fingerprint density at radius 3 is 2.84 bits per heavy atom. The lowest BCUT2D eigenvalue weighted by Gasteiger charge is -2.05. The lowest BCUT2D eigenvalue weighted by atomic mass is 10.1. The van der Waals surface area contributed by atoms with Gasteiger partial charge in [-0.05, 0) is 43.3 Å². The van der Waals surface area contributed by atoms with Gasteiger partial charge in [-0.3, -0.25) is 4.79 Å². The number of ether oxygens (including phenoxy) is 1. The molecule has 0 radical (unpaired) electrons. The average Bonchev–Trinajstić information content (AvgIpc) is 3.41. The summed E-state index contributed by atoms with van der Waals surface area (Å²) in [4.78, 5) is 16.8. The fraction of sp³-hybridized carbons (Fsp3) is 0.143. The number of aryl methyl sites for hydroxylation is 1. The highest BCUT2D eigenvalue weighted by molar-refractivity contribution is 7.99. The van der Waals surface area contributed by atoms with Crippen LogP contribution in [0.25, 0.3) is 11.3 Å². The van der Waals surface area contributed by atoms with Crippen molar-refractivity contribution in [2.24, 2.45) is 0 Å². The summed E-state index contributed by atoms with van der Waals surface area (Å²) in [7, 11) is 0. The van der Waals surface area contributed by atoms with E-state index in [2.05, 4.69) is 20.5 Å². The van der Waals surface area contributed by atoms with Crippen molar-refractivity contribution in [1.82, 2.24) is 15.2 Å². The third kappa shape index (κ3) is 5.89. The van der Waals surface area contributed by atoms with Crippen LogP contribution in [0.5, 0.6) is 5.75 Å². The molecular weight excluding hydrogens is 439 g/mol. The first-order valence-corrected chi connectivity index (χ1v) is 11.1. The van der Waals surface area contributed by atoms with Gasteiger partial charge in [0.05, 0.1) is 16.5 Å². The van der Waals surface area contributed by atoms with Crippen molar-refractivity contribution >= 4 is 34.7 Å². The van der Waals surface area contributed by atoms with Gasteiger partial charge < -0.3 is 14.5 Å². The molecule has 7 nitrogen and oxygen atoms in total. The third-order valence-electron chi connectivity index (χ3n) is 4.01. The molecule has 0 spiro atoms. The lowest BCUT2D eigenvalue weighted by Crippen LogP contribution is -2.14. The van der Waals surface area contributed by atoms with Crippen LogP contribution in [0, 0.1) is 12.7 Å². The first-order valence-electron chi connectivity index (χ1n) is 9.21. The minimum absolute atomic E-state index is 0.0499. The molecule has 0 saturated heterocycles. The zero-order chi connectivity index (χ0) is 21.6. The van der Waals surface area contributed by atoms with Crippen molar-refractivity contribution in [3.05, 3.63) is 70.6 Å². The van der Waals surface area contributed by atoms with Crippen LogP contribution in [-0.2, 0) is 11.4 Å². The number of nitrogens with one attached hydrogen (secondary N) is 1. The van der Waals surface area contributed by atoms with E-state index in [-0.39, 0.29) is 35.2 Å². The minimum atomic E-state index is -0.341. The topological polar surface area (TPSA) is 90.1 Å². The molecule has 10 heteroatoms. The van der Waals surface area contributed by atoms with Crippen LogP contribution in [0.3, 0.4) is 0 Å². The van der Waals surface area contributed by atoms with Gasteiger partial charge in [-0.1, -0.05) is 23.9 Å². The van der Waals surface area contributed by atoms with E-state index in [1.54, 1.807) is 11.3 Å². The Bertz CT molecular complexity index is 1180. The Morgan fingerprint density at radius 1 is 1.23 bits per heavy atom. The number of rotatable bonds is 8. The van der Waals surface area contributed by atoms with Gasteiger partial charge in [0, 0.05) is 16.6 Å². The summed E-state index contributed by atoms with van der Waals surface area (Å²) in [6, 6.07) is 13.2. The van der Waals surface area contributed by atoms with E-state index in [1.807, 2.05) is 36.6 Å². The highest BCUT2D eigenvalue weighted by Gasteiger charge is 2.11. The number of hydrogen-bond donors (Lipinski definition) is 1. The standard InChI is InChI=1S/C21H17FN4O3S2/c1-13-23-18(11-30-13)14-3-2-4-16(9-14)24-19(27)12-31-21-26-25-20(29-21)10-28-17-7-5-15(22)6-8-17/h2-9,11H,10,12H2,1H3,(H,24,27). The molecule has 1 N–H and O–H groups in total. The van der Waals surface area contributed by atoms with Crippen LogP contribution < -0.4 is 10.1 Å². The number of anilines is 1. The van der Waals surface area contributed by atoms with Crippen molar-refractivity contribution in [2.75, 3.05) is 11.1 Å². The van der Waals surface area contributed by atoms with E-state index >= 15 is 0 Å². The number of thiazole rings is 1. The Labute approximate surface area is 185 Å². The Morgan fingerprint density at radius 2 is 2.06 bits per heavy atom. The fourth-order valence-corrected chi connectivity index (χ4v) is 3.81. The van der Waals surface area contributed by atoms with Crippen LogP contribution in [0.1, 0.15) is 10.9 Å². The summed E-state index contributed by atoms with van der Waals surface area (Å²) in [6.07, 6.45) is 0. The predicted molar refractivity (Wildman–Crippen MR) is 117 cm³/mol. The van der Waals surface area contributed by atoms with Gasteiger partial charge in [-0.15, -0.1) is 21.5 Å². The molecule has 2 heterocycles. The fourth-order valence-electron chi connectivity index (χ4n) is 2.61. The number of amides is 1. The van der Waals surface area contributed by atoms with E-state index in [9.17, 15) is 9.18 Å². The number of nitrogens with zero attached hydrogens (tertiary/aromatic N) is 3. The summed E-state index contributed by atoms with van der Waals surface area (Å²) < 4.78 is 23.8. The number of thioether (sulfide) groups is 1. The third-order valence-corrected chi connectivity index (χ3v) is 5.60. The molecule has 0 bridgehead atoms. The van der Waals surface area contributed by atoms with Gasteiger partial charge in [-0.2, -0.15) is 0 Å². The van der Waals surface area contributed by atoms with Crippen molar-refractivity contribution < 1.29 is 18.3 Å². The van der Waals surface area contributed by atoms with Crippen molar-refractivity contribution in [3.8, 4) is 17.0 Å². The molecule has 4 aromatic rings. The van der Waals surface area contributed by atoms with Gasteiger partial charge in [0.15, 0.2) is 6.61 Å². The molecular formula is C21H17FN4O3S2. The number of benzene rings is 2. The molecule has 0 aliphatic heterocycles. The number of halogens is 1. The molecule has 0 aliphatic rings. The largest absolute Gasteiger partial charge is 0.484 e. The molecule has 0 aliphatic carbocycles. The van der Waals surface area contributed by atoms with Crippen molar-refractivity contribution in [2.45, 2.75) is 18.8 Å². The van der Waals surface area contributed by atoms with Crippen LogP contribution in [0.4, 0.5) is 10.1 Å². The first-order chi connectivity index (χ1) is 15.0. The van der Waals surface area contributed by atoms with E-state index < -0.39 is 0 Å². The minimum Gasteiger partial charge on any atom is -0.484 e. The molecule has 4 rings (SSSR count). The van der Waals surface area contributed by atoms with Gasteiger partial charge in [0.2, 0.25) is 5.91 Å². The zero-order valence-corrected chi connectivity index (χ0v) is 18.0. The first kappa shape index (κ1) is 21.0. The number of aromatic nitrogens is 3. The second-order valence-electron chi connectivity index (χ2n) is 6.37. The second-order valence-corrected chi connectivity index (χ2v) is 8.36. The van der Waals surface area contributed by atoms with Crippen molar-refractivity contribution in [3.63, 3.8) is 0 Å². The average molecular weight is 457 g/mol. The molecule has 2 aromatic heterocycles. The summed E-state index contributed by atoms with van der Waals surface area (Å²) in [6.45, 7) is 2.00. The second kappa shape index (κ2) is 9.71. The zero-order valence-electron chi connectivity index (χ0n) is 16.4. The molecule has 0 saturated carbocycles. The summed E-state index contributed by atoms with van der Waals surface area (Å²) in [5.41, 5.74) is 2.51. The van der Waals surface area contributed by atoms with Crippen LogP contribution in [0.2, 0.25) is 0 Å². The maximum Gasteiger partial charge on any atom is 0.277 e. The number of carbonyl (C=O) groups excluding carboxylic acids is 1. The monoisotopic (exact) mass is 456 g/mol. The normalized spacial score (nSPS) is 10.8. The SMILES string of the molecule is Cc1nc(-c2cccc(NC(=O)CSc3nnc(COc4ccc(F)cc4)o3)c2)cs1. The molecule has 1 amide bonds. The molecule has 0 atom stereocenters. The van der Waals surface area contributed by atoms with Crippen LogP contribution in [-0.4, -0.2) is 26.8 Å². The Kier molecular flexibility index (Phi) is 6.58. The number of carbonyl (C=O) groups is 1. The maximum atomic E-state index is 12.9. The van der Waals surface area contributed by atoms with Crippen LogP contribution >= 0.6 is 23.1 Å². The van der Waals surface area contributed by atoms with Gasteiger partial charge in [0.1, 0.15) is 11.6 Å². The Hall–Kier alpha value is -3.24. The maximum absolute atomic E-state index is 12.9. The smallest absolute Gasteiger partial charge is 0.277 e. The highest BCUT2D eigenvalue weighted by atomic mass is 32.2. The predicted octanol–water partition coefficient (Wildman–Crippen LogP) is 4.95. The molecule has 2 aromatic carbocycles.